The van der Waals surface area contributed by atoms with Crippen molar-refractivity contribution in [1.82, 2.24) is 10.2 Å². The quantitative estimate of drug-likeness (QED) is 0.645. The fraction of sp³-hybridized carbons (Fsp3) is 0.350. The zero-order valence-corrected chi connectivity index (χ0v) is 15.8. The summed E-state index contributed by atoms with van der Waals surface area (Å²) in [4.78, 5) is 6.31. The van der Waals surface area contributed by atoms with E-state index in [-0.39, 0.29) is 12.6 Å². The molecule has 0 saturated carbocycles. The number of ether oxygens (including phenoxy) is 3. The Kier molecular flexibility index (Phi) is 6.13. The summed E-state index contributed by atoms with van der Waals surface area (Å²) in [6, 6.07) is 10.8. The molecular formula is C20H24FN3O3. The van der Waals surface area contributed by atoms with Gasteiger partial charge in [0.05, 0.1) is 13.7 Å². The van der Waals surface area contributed by atoms with Crippen molar-refractivity contribution in [1.29, 1.82) is 0 Å². The lowest BCUT2D eigenvalue weighted by Crippen LogP contribution is -2.38. The summed E-state index contributed by atoms with van der Waals surface area (Å²) in [6.07, 6.45) is 0. The van der Waals surface area contributed by atoms with E-state index in [2.05, 4.69) is 10.3 Å². The highest BCUT2D eigenvalue weighted by Crippen LogP contribution is 2.29. The summed E-state index contributed by atoms with van der Waals surface area (Å²) >= 11 is 0. The molecule has 0 radical (unpaired) electrons. The molecule has 0 bridgehead atoms. The summed E-state index contributed by atoms with van der Waals surface area (Å²) in [5.74, 6) is 1.89. The second-order valence-corrected chi connectivity index (χ2v) is 6.27. The van der Waals surface area contributed by atoms with Gasteiger partial charge in [0.2, 0.25) is 0 Å². The van der Waals surface area contributed by atoms with Crippen LogP contribution in [0, 0.1) is 5.82 Å². The highest BCUT2D eigenvalue weighted by molar-refractivity contribution is 5.79. The Bertz CT molecular complexity index is 826. The van der Waals surface area contributed by atoms with Gasteiger partial charge in [-0.25, -0.2) is 4.39 Å². The summed E-state index contributed by atoms with van der Waals surface area (Å²) in [7, 11) is 5.31. The average Bonchev–Trinajstić information content (AvgIpc) is 2.68. The Morgan fingerprint density at radius 3 is 2.96 bits per heavy atom. The first-order valence-electron chi connectivity index (χ1n) is 8.67. The molecule has 0 atom stereocenters. The van der Waals surface area contributed by atoms with Crippen LogP contribution in [0.15, 0.2) is 41.4 Å². The van der Waals surface area contributed by atoms with Crippen LogP contribution in [-0.4, -0.2) is 38.9 Å². The van der Waals surface area contributed by atoms with E-state index in [1.165, 1.54) is 12.1 Å². The molecule has 2 aromatic carbocycles. The molecule has 6 nitrogen and oxygen atoms in total. The molecule has 144 valence electrons. The number of methoxy groups -OCH3 is 1. The van der Waals surface area contributed by atoms with E-state index < -0.39 is 0 Å². The Hall–Kier alpha value is -2.80. The SMILES string of the molecule is CN=C(NCc1cc(F)cc2c1OCOC2)N(C)Cc1cccc(OC)c1. The summed E-state index contributed by atoms with van der Waals surface area (Å²) in [5.41, 5.74) is 2.56. The number of hydrogen-bond acceptors (Lipinski definition) is 4. The van der Waals surface area contributed by atoms with Crippen LogP contribution in [0.25, 0.3) is 0 Å². The minimum absolute atomic E-state index is 0.177. The number of nitrogens with zero attached hydrogens (tertiary/aromatic N) is 2. The lowest BCUT2D eigenvalue weighted by atomic mass is 10.1. The van der Waals surface area contributed by atoms with Crippen molar-refractivity contribution in [2.45, 2.75) is 19.7 Å². The van der Waals surface area contributed by atoms with Crippen LogP contribution >= 0.6 is 0 Å². The smallest absolute Gasteiger partial charge is 0.193 e. The largest absolute Gasteiger partial charge is 0.497 e. The number of benzene rings is 2. The fourth-order valence-corrected chi connectivity index (χ4v) is 3.07. The number of rotatable bonds is 5. The van der Waals surface area contributed by atoms with Crippen LogP contribution in [0.3, 0.4) is 0 Å². The molecule has 1 heterocycles. The Morgan fingerprint density at radius 1 is 1.33 bits per heavy atom. The average molecular weight is 373 g/mol. The number of halogens is 1. The third-order valence-corrected chi connectivity index (χ3v) is 4.32. The molecule has 3 rings (SSSR count). The molecular weight excluding hydrogens is 349 g/mol. The molecule has 0 fully saturated rings. The van der Waals surface area contributed by atoms with Crippen molar-refractivity contribution in [2.75, 3.05) is 28.0 Å². The van der Waals surface area contributed by atoms with Crippen molar-refractivity contribution < 1.29 is 18.6 Å². The van der Waals surface area contributed by atoms with E-state index in [1.54, 1.807) is 14.2 Å². The van der Waals surface area contributed by atoms with Gasteiger partial charge in [0.15, 0.2) is 12.8 Å². The van der Waals surface area contributed by atoms with Crippen molar-refractivity contribution in [3.8, 4) is 11.5 Å². The maximum Gasteiger partial charge on any atom is 0.193 e. The van der Waals surface area contributed by atoms with E-state index in [0.717, 1.165) is 22.4 Å². The molecule has 0 spiro atoms. The molecule has 0 aromatic heterocycles. The first kappa shape index (κ1) is 19.0. The maximum absolute atomic E-state index is 13.9. The van der Waals surface area contributed by atoms with Gasteiger partial charge in [0, 0.05) is 38.3 Å². The van der Waals surface area contributed by atoms with Gasteiger partial charge in [0.25, 0.3) is 0 Å². The van der Waals surface area contributed by atoms with Gasteiger partial charge < -0.3 is 24.4 Å². The minimum atomic E-state index is -0.306. The number of fused-ring (bicyclic) bond motifs is 1. The number of hydrogen-bond donors (Lipinski definition) is 1. The second kappa shape index (κ2) is 8.73. The first-order chi connectivity index (χ1) is 13.1. The molecule has 1 aliphatic heterocycles. The van der Waals surface area contributed by atoms with Gasteiger partial charge in [-0.05, 0) is 29.8 Å². The van der Waals surface area contributed by atoms with Crippen LogP contribution in [0.5, 0.6) is 11.5 Å². The van der Waals surface area contributed by atoms with E-state index in [0.29, 0.717) is 31.4 Å². The van der Waals surface area contributed by atoms with Crippen LogP contribution in [0.4, 0.5) is 4.39 Å². The number of nitrogens with one attached hydrogen (secondary N) is 1. The molecule has 27 heavy (non-hydrogen) atoms. The van der Waals surface area contributed by atoms with Gasteiger partial charge in [0.1, 0.15) is 17.3 Å². The van der Waals surface area contributed by atoms with E-state index in [9.17, 15) is 4.39 Å². The summed E-state index contributed by atoms with van der Waals surface area (Å²) in [6.45, 7) is 1.58. The third-order valence-electron chi connectivity index (χ3n) is 4.32. The predicted molar refractivity (Wildman–Crippen MR) is 101 cm³/mol. The Balaban J connectivity index is 1.68. The summed E-state index contributed by atoms with van der Waals surface area (Å²) < 4.78 is 29.9. The molecule has 7 heteroatoms. The van der Waals surface area contributed by atoms with Crippen LogP contribution in [-0.2, 0) is 24.4 Å². The van der Waals surface area contributed by atoms with E-state index in [4.69, 9.17) is 14.2 Å². The first-order valence-corrected chi connectivity index (χ1v) is 8.67. The molecule has 0 amide bonds. The predicted octanol–water partition coefficient (Wildman–Crippen LogP) is 2.91. The van der Waals surface area contributed by atoms with Gasteiger partial charge in [-0.3, -0.25) is 4.99 Å². The monoisotopic (exact) mass is 373 g/mol. The van der Waals surface area contributed by atoms with E-state index in [1.807, 2.05) is 36.2 Å². The van der Waals surface area contributed by atoms with E-state index >= 15 is 0 Å². The fourth-order valence-electron chi connectivity index (χ4n) is 3.07. The Labute approximate surface area is 158 Å². The van der Waals surface area contributed by atoms with Crippen molar-refractivity contribution in [2.24, 2.45) is 4.99 Å². The standard InChI is InChI=1S/C20H24FN3O3/c1-22-20(24(2)11-14-5-4-6-18(7-14)25-3)23-10-15-8-17(21)9-16-12-26-13-27-19(15)16/h4-9H,10-13H2,1-3H3,(H,22,23). The van der Waals surface area contributed by atoms with Crippen molar-refractivity contribution in [3.63, 3.8) is 0 Å². The minimum Gasteiger partial charge on any atom is -0.497 e. The highest BCUT2D eigenvalue weighted by atomic mass is 19.1. The second-order valence-electron chi connectivity index (χ2n) is 6.27. The van der Waals surface area contributed by atoms with Crippen molar-refractivity contribution in [3.05, 3.63) is 58.9 Å². The Morgan fingerprint density at radius 2 is 2.19 bits per heavy atom. The molecule has 2 aromatic rings. The normalized spacial score (nSPS) is 13.6. The molecule has 1 N–H and O–H groups in total. The van der Waals surface area contributed by atoms with Gasteiger partial charge in [-0.15, -0.1) is 0 Å². The molecule has 0 aliphatic carbocycles. The zero-order valence-electron chi connectivity index (χ0n) is 15.8. The van der Waals surface area contributed by atoms with Gasteiger partial charge >= 0.3 is 0 Å². The lowest BCUT2D eigenvalue weighted by molar-refractivity contribution is -0.0173. The van der Waals surface area contributed by atoms with Gasteiger partial charge in [-0.2, -0.15) is 0 Å². The van der Waals surface area contributed by atoms with Crippen molar-refractivity contribution >= 4 is 5.96 Å². The zero-order chi connectivity index (χ0) is 19.2. The molecule has 0 saturated heterocycles. The van der Waals surface area contributed by atoms with Crippen LogP contribution < -0.4 is 14.8 Å². The van der Waals surface area contributed by atoms with Crippen LogP contribution in [0.2, 0.25) is 0 Å². The third kappa shape index (κ3) is 4.68. The number of aliphatic imine (C=N–C) groups is 1. The number of guanidine groups is 1. The highest BCUT2D eigenvalue weighted by Gasteiger charge is 2.17. The van der Waals surface area contributed by atoms with Gasteiger partial charge in [-0.1, -0.05) is 12.1 Å². The maximum atomic E-state index is 13.9. The van der Waals surface area contributed by atoms with Crippen LogP contribution in [0.1, 0.15) is 16.7 Å². The summed E-state index contributed by atoms with van der Waals surface area (Å²) in [5, 5.41) is 3.27. The topological polar surface area (TPSA) is 55.3 Å². The molecule has 0 unspecified atom stereocenters. The molecule has 1 aliphatic rings. The lowest BCUT2D eigenvalue weighted by Gasteiger charge is -2.24.